The summed E-state index contributed by atoms with van der Waals surface area (Å²) in [6.07, 6.45) is -3.52. The Kier molecular flexibility index (Phi) is 5.10. The standard InChI is InChI=1S/C13H12ClF3N4OS/c1-7(2)22-10-4-3-8(5-9(10)14)6-18-21-11(13(15,16)17)19-20-12(21)23/h3-7H,1-2H3,(H,20,23)/b18-6-. The smallest absolute Gasteiger partial charge is 0.453 e. The maximum absolute atomic E-state index is 12.8. The van der Waals surface area contributed by atoms with Crippen molar-refractivity contribution < 1.29 is 17.9 Å². The predicted molar refractivity (Wildman–Crippen MR) is 82.6 cm³/mol. The summed E-state index contributed by atoms with van der Waals surface area (Å²) in [5.41, 5.74) is 0.488. The van der Waals surface area contributed by atoms with Crippen LogP contribution in [-0.4, -0.2) is 27.2 Å². The molecule has 0 spiro atoms. The summed E-state index contributed by atoms with van der Waals surface area (Å²) < 4.78 is 44.0. The Hall–Kier alpha value is -1.87. The fourth-order valence-electron chi connectivity index (χ4n) is 1.65. The number of nitrogens with one attached hydrogen (secondary N) is 1. The third-order valence-electron chi connectivity index (χ3n) is 2.54. The highest BCUT2D eigenvalue weighted by Crippen LogP contribution is 2.28. The topological polar surface area (TPSA) is 55.2 Å². The van der Waals surface area contributed by atoms with Gasteiger partial charge in [-0.15, -0.1) is 5.10 Å². The summed E-state index contributed by atoms with van der Waals surface area (Å²) in [6, 6.07) is 4.76. The lowest BCUT2D eigenvalue weighted by molar-refractivity contribution is -0.147. The summed E-state index contributed by atoms with van der Waals surface area (Å²) in [6.45, 7) is 3.70. The number of nitrogens with zero attached hydrogens (tertiary/aromatic N) is 3. The van der Waals surface area contributed by atoms with Gasteiger partial charge in [-0.1, -0.05) is 11.6 Å². The molecule has 0 fully saturated rings. The summed E-state index contributed by atoms with van der Waals surface area (Å²) in [5.74, 6) is -0.751. The molecule has 0 bridgehead atoms. The number of hydrogen-bond donors (Lipinski definition) is 1. The minimum atomic E-state index is -4.67. The average molecular weight is 365 g/mol. The largest absolute Gasteiger partial charge is 0.489 e. The van der Waals surface area contributed by atoms with Crippen LogP contribution in [0.2, 0.25) is 5.02 Å². The molecule has 5 nitrogen and oxygen atoms in total. The first kappa shape index (κ1) is 17.5. The molecule has 0 radical (unpaired) electrons. The molecule has 1 aromatic carbocycles. The molecule has 2 rings (SSSR count). The van der Waals surface area contributed by atoms with Crippen LogP contribution in [0.15, 0.2) is 23.3 Å². The number of ether oxygens (including phenoxy) is 1. The number of alkyl halides is 3. The second-order valence-corrected chi connectivity index (χ2v) is 5.56. The van der Waals surface area contributed by atoms with Crippen LogP contribution in [0.25, 0.3) is 0 Å². The van der Waals surface area contributed by atoms with Crippen molar-refractivity contribution in [1.82, 2.24) is 14.9 Å². The molecule has 0 aliphatic carbocycles. The minimum absolute atomic E-state index is 0.0504. The average Bonchev–Trinajstić information content (AvgIpc) is 2.80. The van der Waals surface area contributed by atoms with E-state index in [0.717, 1.165) is 0 Å². The van der Waals surface area contributed by atoms with Gasteiger partial charge in [-0.2, -0.15) is 22.9 Å². The minimum Gasteiger partial charge on any atom is -0.489 e. The first-order valence-corrected chi connectivity index (χ1v) is 7.22. The van der Waals surface area contributed by atoms with Crippen molar-refractivity contribution in [3.05, 3.63) is 39.4 Å². The van der Waals surface area contributed by atoms with E-state index in [2.05, 4.69) is 15.3 Å². The van der Waals surface area contributed by atoms with Gasteiger partial charge < -0.3 is 4.74 Å². The highest BCUT2D eigenvalue weighted by molar-refractivity contribution is 7.71. The van der Waals surface area contributed by atoms with Crippen molar-refractivity contribution in [3.63, 3.8) is 0 Å². The summed E-state index contributed by atoms with van der Waals surface area (Å²) in [4.78, 5) is 0. The molecule has 0 aliphatic heterocycles. The maximum atomic E-state index is 12.8. The zero-order valence-electron chi connectivity index (χ0n) is 12.1. The van der Waals surface area contributed by atoms with E-state index >= 15 is 0 Å². The van der Waals surface area contributed by atoms with Crippen molar-refractivity contribution in [3.8, 4) is 5.75 Å². The van der Waals surface area contributed by atoms with Gasteiger partial charge in [0.15, 0.2) is 0 Å². The van der Waals surface area contributed by atoms with Gasteiger partial charge in [0.1, 0.15) is 5.75 Å². The molecule has 0 aliphatic rings. The van der Waals surface area contributed by atoms with Crippen LogP contribution >= 0.6 is 23.8 Å². The van der Waals surface area contributed by atoms with E-state index in [1.807, 2.05) is 13.8 Å². The third kappa shape index (κ3) is 4.32. The quantitative estimate of drug-likeness (QED) is 0.650. The Balaban J connectivity index is 2.30. The maximum Gasteiger partial charge on any atom is 0.453 e. The Labute approximate surface area is 139 Å². The fraction of sp³-hybridized carbons (Fsp3) is 0.308. The fourth-order valence-corrected chi connectivity index (χ4v) is 2.07. The van der Waals surface area contributed by atoms with E-state index < -0.39 is 12.0 Å². The molecule has 0 amide bonds. The van der Waals surface area contributed by atoms with E-state index in [1.165, 1.54) is 12.3 Å². The molecule has 0 saturated heterocycles. The van der Waals surface area contributed by atoms with Crippen molar-refractivity contribution in [2.45, 2.75) is 26.1 Å². The second-order valence-electron chi connectivity index (χ2n) is 4.76. The highest BCUT2D eigenvalue weighted by atomic mass is 35.5. The number of benzene rings is 1. The zero-order valence-corrected chi connectivity index (χ0v) is 13.6. The Morgan fingerprint density at radius 3 is 2.70 bits per heavy atom. The van der Waals surface area contributed by atoms with Gasteiger partial charge >= 0.3 is 6.18 Å². The molecule has 0 unspecified atom stereocenters. The normalized spacial score (nSPS) is 12.3. The van der Waals surface area contributed by atoms with Crippen LogP contribution in [-0.2, 0) is 6.18 Å². The van der Waals surface area contributed by atoms with Crippen LogP contribution < -0.4 is 4.74 Å². The van der Waals surface area contributed by atoms with Crippen LogP contribution in [0, 0.1) is 4.77 Å². The lowest BCUT2D eigenvalue weighted by Gasteiger charge is -2.11. The zero-order chi connectivity index (χ0) is 17.2. The molecule has 2 aromatic rings. The van der Waals surface area contributed by atoms with Crippen molar-refractivity contribution in [1.29, 1.82) is 0 Å². The molecule has 1 heterocycles. The lowest BCUT2D eigenvalue weighted by atomic mass is 10.2. The second kappa shape index (κ2) is 6.71. The summed E-state index contributed by atoms with van der Waals surface area (Å²) >= 11 is 10.8. The van der Waals surface area contributed by atoms with Crippen molar-refractivity contribution in [2.24, 2.45) is 5.10 Å². The first-order chi connectivity index (χ1) is 10.7. The van der Waals surface area contributed by atoms with Gasteiger partial charge in [-0.05, 0) is 49.8 Å². The molecular formula is C13H12ClF3N4OS. The van der Waals surface area contributed by atoms with Gasteiger partial charge in [0.05, 0.1) is 17.3 Å². The molecular weight excluding hydrogens is 353 g/mol. The van der Waals surface area contributed by atoms with Crippen molar-refractivity contribution >= 4 is 30.0 Å². The molecule has 0 atom stereocenters. The molecule has 10 heteroatoms. The van der Waals surface area contributed by atoms with E-state index in [9.17, 15) is 13.2 Å². The van der Waals surface area contributed by atoms with E-state index in [-0.39, 0.29) is 10.9 Å². The lowest BCUT2D eigenvalue weighted by Crippen LogP contribution is -2.12. The van der Waals surface area contributed by atoms with E-state index in [0.29, 0.717) is 21.0 Å². The van der Waals surface area contributed by atoms with Crippen LogP contribution in [0.3, 0.4) is 0 Å². The van der Waals surface area contributed by atoms with E-state index in [1.54, 1.807) is 12.1 Å². The Morgan fingerprint density at radius 1 is 1.43 bits per heavy atom. The Bertz CT molecular complexity index is 782. The summed E-state index contributed by atoms with van der Waals surface area (Å²) in [5, 5.41) is 9.22. The predicted octanol–water partition coefficient (Wildman–Crippen LogP) is 4.28. The van der Waals surface area contributed by atoms with Gasteiger partial charge in [0.25, 0.3) is 5.82 Å². The van der Waals surface area contributed by atoms with Crippen LogP contribution in [0.1, 0.15) is 25.2 Å². The first-order valence-electron chi connectivity index (χ1n) is 6.43. The van der Waals surface area contributed by atoms with Crippen LogP contribution in [0.5, 0.6) is 5.75 Å². The molecule has 1 aromatic heterocycles. The third-order valence-corrected chi connectivity index (χ3v) is 3.10. The summed E-state index contributed by atoms with van der Waals surface area (Å²) in [7, 11) is 0. The molecule has 124 valence electrons. The molecule has 23 heavy (non-hydrogen) atoms. The van der Waals surface area contributed by atoms with Crippen LogP contribution in [0.4, 0.5) is 13.2 Å². The molecule has 0 saturated carbocycles. The van der Waals surface area contributed by atoms with Crippen molar-refractivity contribution in [2.75, 3.05) is 0 Å². The Morgan fingerprint density at radius 2 is 2.13 bits per heavy atom. The number of rotatable bonds is 4. The van der Waals surface area contributed by atoms with Gasteiger partial charge in [-0.25, -0.2) is 5.10 Å². The van der Waals surface area contributed by atoms with Gasteiger partial charge in [-0.3, -0.25) is 0 Å². The number of aromatic amines is 1. The molecule has 1 N–H and O–H groups in total. The van der Waals surface area contributed by atoms with E-state index in [4.69, 9.17) is 28.6 Å². The number of aromatic nitrogens is 3. The SMILES string of the molecule is CC(C)Oc1ccc(/C=N\n2c(C(F)(F)F)n[nH]c2=S)cc1Cl. The number of hydrogen-bond acceptors (Lipinski definition) is 4. The number of halogens is 4. The van der Waals surface area contributed by atoms with Gasteiger partial charge in [0, 0.05) is 0 Å². The number of H-pyrrole nitrogens is 1. The van der Waals surface area contributed by atoms with Gasteiger partial charge in [0.2, 0.25) is 4.77 Å². The highest BCUT2D eigenvalue weighted by Gasteiger charge is 2.37. The monoisotopic (exact) mass is 364 g/mol.